The summed E-state index contributed by atoms with van der Waals surface area (Å²) in [7, 11) is 0. The Balaban J connectivity index is 1.42. The number of aromatic nitrogens is 3. The molecule has 0 radical (unpaired) electrons. The van der Waals surface area contributed by atoms with Crippen LogP contribution in [0.1, 0.15) is 36.9 Å². The molecular formula is C23H25ClF3N7. The van der Waals surface area contributed by atoms with Crippen molar-refractivity contribution >= 4 is 39.8 Å². The molecule has 2 aliphatic rings. The number of benzene rings is 1. The zero-order valence-corrected chi connectivity index (χ0v) is 19.4. The van der Waals surface area contributed by atoms with Gasteiger partial charge in [-0.25, -0.2) is 15.0 Å². The zero-order valence-electron chi connectivity index (χ0n) is 18.6. The monoisotopic (exact) mass is 491 g/mol. The molecule has 0 amide bonds. The third-order valence-corrected chi connectivity index (χ3v) is 6.57. The first-order valence-electron chi connectivity index (χ1n) is 11.2. The van der Waals surface area contributed by atoms with E-state index in [0.29, 0.717) is 22.3 Å². The molecule has 0 unspecified atom stereocenters. The van der Waals surface area contributed by atoms with Crippen LogP contribution < -0.4 is 16.0 Å². The lowest BCUT2D eigenvalue weighted by Crippen LogP contribution is -2.47. The molecule has 2 aromatic heterocycles. The van der Waals surface area contributed by atoms with Gasteiger partial charge in [-0.2, -0.15) is 13.2 Å². The van der Waals surface area contributed by atoms with Gasteiger partial charge in [0.25, 0.3) is 0 Å². The molecule has 1 saturated carbocycles. The molecule has 11 heteroatoms. The van der Waals surface area contributed by atoms with Gasteiger partial charge in [0.1, 0.15) is 11.6 Å². The summed E-state index contributed by atoms with van der Waals surface area (Å²) in [5, 5.41) is 3.92. The molecule has 5 rings (SSSR count). The number of pyridine rings is 1. The summed E-state index contributed by atoms with van der Waals surface area (Å²) < 4.78 is 39.8. The molecule has 1 atom stereocenters. The van der Waals surface area contributed by atoms with Gasteiger partial charge < -0.3 is 16.0 Å². The number of nitrogens with two attached hydrogens (primary N) is 1. The van der Waals surface area contributed by atoms with Gasteiger partial charge in [-0.1, -0.05) is 0 Å². The Labute approximate surface area is 200 Å². The van der Waals surface area contributed by atoms with Crippen molar-refractivity contribution in [1.82, 2.24) is 19.9 Å². The summed E-state index contributed by atoms with van der Waals surface area (Å²) in [5.41, 5.74) is 5.94. The number of halogens is 4. The molecule has 3 heterocycles. The lowest BCUT2D eigenvalue weighted by atomic mass is 10.0. The van der Waals surface area contributed by atoms with Crippen molar-refractivity contribution in [3.8, 4) is 0 Å². The van der Waals surface area contributed by atoms with Gasteiger partial charge in [-0.05, 0) is 61.2 Å². The Bertz CT molecular complexity index is 1210. The second kappa shape index (κ2) is 8.74. The van der Waals surface area contributed by atoms with Crippen LogP contribution in [-0.4, -0.2) is 52.1 Å². The molecule has 1 aliphatic carbocycles. The van der Waals surface area contributed by atoms with Gasteiger partial charge in [0.2, 0.25) is 5.28 Å². The summed E-state index contributed by atoms with van der Waals surface area (Å²) in [6.07, 6.45) is -0.253. The standard InChI is InChI=1S/C23H25ClF3N7/c1-13(14-8-15(23(25,26)27)10-16(28)9-14)30-21-18-11-20(29-12-19(18)31-22(24)32-21)34-6-4-33(5-7-34)17-2-3-17/h8-13,17H,2-7,28H2,1H3,(H,30,31,32)/t13-/m1/s1. The van der Waals surface area contributed by atoms with E-state index in [9.17, 15) is 13.2 Å². The summed E-state index contributed by atoms with van der Waals surface area (Å²) >= 11 is 6.13. The number of hydrogen-bond acceptors (Lipinski definition) is 7. The molecule has 34 heavy (non-hydrogen) atoms. The van der Waals surface area contributed by atoms with Crippen LogP contribution in [0.4, 0.5) is 30.5 Å². The Morgan fingerprint density at radius 2 is 1.82 bits per heavy atom. The molecule has 1 aromatic carbocycles. The Morgan fingerprint density at radius 1 is 1.09 bits per heavy atom. The van der Waals surface area contributed by atoms with E-state index in [1.165, 1.54) is 18.9 Å². The SMILES string of the molecule is C[C@@H](Nc1nc(Cl)nc2cnc(N3CCN(C4CC4)CC3)cc12)c1cc(N)cc(C(F)(F)F)c1. The van der Waals surface area contributed by atoms with Crippen LogP contribution in [0.5, 0.6) is 0 Å². The van der Waals surface area contributed by atoms with Gasteiger partial charge >= 0.3 is 6.18 Å². The van der Waals surface area contributed by atoms with Gasteiger partial charge in [0.05, 0.1) is 23.3 Å². The second-order valence-corrected chi connectivity index (χ2v) is 9.25. The van der Waals surface area contributed by atoms with Crippen molar-refractivity contribution in [3.05, 3.63) is 46.9 Å². The third kappa shape index (κ3) is 4.83. The van der Waals surface area contributed by atoms with Crippen molar-refractivity contribution < 1.29 is 13.2 Å². The number of alkyl halides is 3. The van der Waals surface area contributed by atoms with E-state index in [1.807, 2.05) is 6.07 Å². The number of piperazine rings is 1. The Morgan fingerprint density at radius 3 is 2.50 bits per heavy atom. The van der Waals surface area contributed by atoms with Crippen LogP contribution in [-0.2, 0) is 6.18 Å². The highest BCUT2D eigenvalue weighted by molar-refractivity contribution is 6.28. The number of rotatable bonds is 5. The van der Waals surface area contributed by atoms with E-state index in [4.69, 9.17) is 17.3 Å². The maximum atomic E-state index is 13.3. The van der Waals surface area contributed by atoms with E-state index in [0.717, 1.165) is 50.2 Å². The van der Waals surface area contributed by atoms with Crippen LogP contribution in [0, 0.1) is 0 Å². The lowest BCUT2D eigenvalue weighted by Gasteiger charge is -2.35. The highest BCUT2D eigenvalue weighted by Crippen LogP contribution is 2.34. The summed E-state index contributed by atoms with van der Waals surface area (Å²) in [6, 6.07) is 5.67. The summed E-state index contributed by atoms with van der Waals surface area (Å²) in [5.74, 6) is 1.24. The van der Waals surface area contributed by atoms with Crippen LogP contribution in [0.15, 0.2) is 30.5 Å². The smallest absolute Gasteiger partial charge is 0.399 e. The Kier molecular flexibility index (Phi) is 5.89. The molecule has 1 aliphatic heterocycles. The number of nitrogens with one attached hydrogen (secondary N) is 1. The highest BCUT2D eigenvalue weighted by Gasteiger charge is 2.32. The van der Waals surface area contributed by atoms with Crippen LogP contribution >= 0.6 is 11.6 Å². The number of nitrogens with zero attached hydrogens (tertiary/aromatic N) is 5. The van der Waals surface area contributed by atoms with Crippen molar-refractivity contribution in [2.24, 2.45) is 0 Å². The topological polar surface area (TPSA) is 83.2 Å². The van der Waals surface area contributed by atoms with E-state index in [2.05, 4.69) is 30.1 Å². The predicted molar refractivity (Wildman–Crippen MR) is 127 cm³/mol. The predicted octanol–water partition coefficient (Wildman–Crippen LogP) is 4.74. The second-order valence-electron chi connectivity index (χ2n) is 8.91. The minimum Gasteiger partial charge on any atom is -0.399 e. The van der Waals surface area contributed by atoms with E-state index < -0.39 is 17.8 Å². The molecule has 2 fully saturated rings. The molecular weight excluding hydrogens is 467 g/mol. The van der Waals surface area contributed by atoms with Gasteiger partial charge in [0, 0.05) is 43.3 Å². The average molecular weight is 492 g/mol. The quantitative estimate of drug-likeness (QED) is 0.394. The fourth-order valence-corrected chi connectivity index (χ4v) is 4.59. The van der Waals surface area contributed by atoms with Crippen LogP contribution in [0.3, 0.4) is 0 Å². The van der Waals surface area contributed by atoms with Crippen molar-refractivity contribution in [2.75, 3.05) is 42.1 Å². The number of hydrogen-bond donors (Lipinski definition) is 2. The Hall–Kier alpha value is -2.85. The van der Waals surface area contributed by atoms with Gasteiger partial charge in [-0.15, -0.1) is 0 Å². The number of fused-ring (bicyclic) bond motifs is 1. The third-order valence-electron chi connectivity index (χ3n) is 6.40. The molecule has 180 valence electrons. The normalized spacial score (nSPS) is 18.3. The molecule has 0 spiro atoms. The molecule has 1 saturated heterocycles. The minimum absolute atomic E-state index is 0.0263. The molecule has 3 N–H and O–H groups in total. The fraction of sp³-hybridized carbons (Fsp3) is 0.435. The van der Waals surface area contributed by atoms with Gasteiger partial charge in [-0.3, -0.25) is 4.90 Å². The van der Waals surface area contributed by atoms with E-state index >= 15 is 0 Å². The summed E-state index contributed by atoms with van der Waals surface area (Å²) in [6.45, 7) is 5.51. The van der Waals surface area contributed by atoms with E-state index in [1.54, 1.807) is 13.1 Å². The molecule has 7 nitrogen and oxygen atoms in total. The van der Waals surface area contributed by atoms with Crippen molar-refractivity contribution in [1.29, 1.82) is 0 Å². The first kappa shape index (κ1) is 22.9. The molecule has 3 aromatic rings. The van der Waals surface area contributed by atoms with Crippen molar-refractivity contribution in [2.45, 2.75) is 38.0 Å². The largest absolute Gasteiger partial charge is 0.416 e. The highest BCUT2D eigenvalue weighted by atomic mass is 35.5. The first-order valence-corrected chi connectivity index (χ1v) is 11.6. The number of anilines is 3. The van der Waals surface area contributed by atoms with Crippen LogP contribution in [0.25, 0.3) is 10.9 Å². The van der Waals surface area contributed by atoms with Gasteiger partial charge in [0.15, 0.2) is 0 Å². The average Bonchev–Trinajstić information content (AvgIpc) is 3.63. The van der Waals surface area contributed by atoms with E-state index in [-0.39, 0.29) is 11.0 Å². The summed E-state index contributed by atoms with van der Waals surface area (Å²) in [4.78, 5) is 17.9. The lowest BCUT2D eigenvalue weighted by molar-refractivity contribution is -0.137. The zero-order chi connectivity index (χ0) is 24.0. The maximum absolute atomic E-state index is 13.3. The van der Waals surface area contributed by atoms with Crippen molar-refractivity contribution in [3.63, 3.8) is 0 Å². The first-order chi connectivity index (χ1) is 16.2. The van der Waals surface area contributed by atoms with Crippen LogP contribution in [0.2, 0.25) is 5.28 Å². The minimum atomic E-state index is -4.49. The molecule has 0 bridgehead atoms. The maximum Gasteiger partial charge on any atom is 0.416 e. The fourth-order valence-electron chi connectivity index (χ4n) is 4.41. The number of nitrogen functional groups attached to an aromatic ring is 1.